The Kier molecular flexibility index (Phi) is 6.34. The fourth-order valence-corrected chi connectivity index (χ4v) is 4.07. The summed E-state index contributed by atoms with van der Waals surface area (Å²) in [6.45, 7) is 0.216. The summed E-state index contributed by atoms with van der Waals surface area (Å²) in [4.78, 5) is 30.1. The van der Waals surface area contributed by atoms with E-state index in [1.807, 2.05) is 18.2 Å². The highest BCUT2D eigenvalue weighted by Crippen LogP contribution is 2.22. The lowest BCUT2D eigenvalue weighted by Gasteiger charge is -2.14. The standard InChI is InChI=1S/C23H17ClFN3O2S/c24-17-9-3-1-7-15(17)13-28-22(30)16-8-2-5-11-19(16)27-23(28)31-14-21(29)26-20-12-6-4-10-18(20)25/h1-12H,13-14H2,(H,26,29). The number of benzene rings is 3. The van der Waals surface area contributed by atoms with Crippen molar-refractivity contribution >= 4 is 45.9 Å². The third-order valence-corrected chi connectivity index (χ3v) is 5.94. The van der Waals surface area contributed by atoms with Gasteiger partial charge in [0.25, 0.3) is 5.56 Å². The summed E-state index contributed by atoms with van der Waals surface area (Å²) in [5.74, 6) is -0.955. The fourth-order valence-electron chi connectivity index (χ4n) is 3.07. The molecule has 156 valence electrons. The van der Waals surface area contributed by atoms with E-state index in [0.29, 0.717) is 21.1 Å². The Labute approximate surface area is 186 Å². The summed E-state index contributed by atoms with van der Waals surface area (Å²) in [6.07, 6.45) is 0. The summed E-state index contributed by atoms with van der Waals surface area (Å²) in [5.41, 5.74) is 1.19. The van der Waals surface area contributed by atoms with Crippen LogP contribution >= 0.6 is 23.4 Å². The lowest BCUT2D eigenvalue weighted by Crippen LogP contribution is -2.25. The molecule has 0 saturated heterocycles. The molecule has 8 heteroatoms. The minimum absolute atomic E-state index is 0.0400. The number of nitrogens with one attached hydrogen (secondary N) is 1. The van der Waals surface area contributed by atoms with Gasteiger partial charge in [-0.2, -0.15) is 0 Å². The van der Waals surface area contributed by atoms with E-state index in [0.717, 1.165) is 17.3 Å². The van der Waals surface area contributed by atoms with Crippen molar-refractivity contribution in [1.29, 1.82) is 0 Å². The smallest absolute Gasteiger partial charge is 0.262 e. The van der Waals surface area contributed by atoms with Gasteiger partial charge in [0, 0.05) is 5.02 Å². The largest absolute Gasteiger partial charge is 0.323 e. The highest BCUT2D eigenvalue weighted by molar-refractivity contribution is 7.99. The molecule has 0 bridgehead atoms. The van der Waals surface area contributed by atoms with E-state index in [1.165, 1.54) is 16.7 Å². The Morgan fingerprint density at radius 3 is 2.55 bits per heavy atom. The third kappa shape index (κ3) is 4.78. The van der Waals surface area contributed by atoms with Crippen molar-refractivity contribution in [3.8, 4) is 0 Å². The Morgan fingerprint density at radius 1 is 1.03 bits per heavy atom. The first-order valence-corrected chi connectivity index (χ1v) is 10.8. The number of aromatic nitrogens is 2. The number of rotatable bonds is 6. The summed E-state index contributed by atoms with van der Waals surface area (Å²) in [5, 5.41) is 3.94. The Bertz CT molecular complexity index is 1330. The van der Waals surface area contributed by atoms with Gasteiger partial charge in [-0.25, -0.2) is 9.37 Å². The molecular weight excluding hydrogens is 437 g/mol. The second kappa shape index (κ2) is 9.32. The van der Waals surface area contributed by atoms with Gasteiger partial charge in [-0.05, 0) is 35.9 Å². The van der Waals surface area contributed by atoms with Crippen LogP contribution in [0.2, 0.25) is 5.02 Å². The molecule has 31 heavy (non-hydrogen) atoms. The molecule has 1 aromatic heterocycles. The van der Waals surface area contributed by atoms with Crippen LogP contribution in [0, 0.1) is 5.82 Å². The molecule has 0 unspecified atom stereocenters. The van der Waals surface area contributed by atoms with Crippen LogP contribution in [0.3, 0.4) is 0 Å². The quantitative estimate of drug-likeness (QED) is 0.331. The van der Waals surface area contributed by atoms with E-state index in [1.54, 1.807) is 42.5 Å². The number of thioether (sulfide) groups is 1. The first-order chi connectivity index (χ1) is 15.0. The monoisotopic (exact) mass is 453 g/mol. The topological polar surface area (TPSA) is 64.0 Å². The van der Waals surface area contributed by atoms with Crippen molar-refractivity contribution in [1.82, 2.24) is 9.55 Å². The van der Waals surface area contributed by atoms with Gasteiger partial charge in [-0.1, -0.05) is 65.8 Å². The van der Waals surface area contributed by atoms with Gasteiger partial charge < -0.3 is 5.32 Å². The van der Waals surface area contributed by atoms with Gasteiger partial charge in [0.2, 0.25) is 5.91 Å². The van der Waals surface area contributed by atoms with E-state index in [2.05, 4.69) is 10.3 Å². The van der Waals surface area contributed by atoms with Crippen molar-refractivity contribution < 1.29 is 9.18 Å². The predicted octanol–water partition coefficient (Wildman–Crippen LogP) is 4.97. The number of amides is 1. The lowest BCUT2D eigenvalue weighted by atomic mass is 10.2. The van der Waals surface area contributed by atoms with Gasteiger partial charge >= 0.3 is 0 Å². The van der Waals surface area contributed by atoms with Crippen molar-refractivity contribution in [3.05, 3.63) is 99.6 Å². The average molecular weight is 454 g/mol. The van der Waals surface area contributed by atoms with Crippen LogP contribution in [0.4, 0.5) is 10.1 Å². The number of hydrogen-bond donors (Lipinski definition) is 1. The molecule has 0 spiro atoms. The molecule has 0 aliphatic carbocycles. The molecule has 1 amide bonds. The number of fused-ring (bicyclic) bond motifs is 1. The van der Waals surface area contributed by atoms with Gasteiger partial charge in [-0.15, -0.1) is 0 Å². The van der Waals surface area contributed by atoms with Crippen LogP contribution in [-0.2, 0) is 11.3 Å². The second-order valence-corrected chi connectivity index (χ2v) is 8.06. The average Bonchev–Trinajstić information content (AvgIpc) is 2.77. The SMILES string of the molecule is O=C(CSc1nc2ccccc2c(=O)n1Cc1ccccc1Cl)Nc1ccccc1F. The molecule has 0 radical (unpaired) electrons. The number of nitrogens with zero attached hydrogens (tertiary/aromatic N) is 2. The number of hydrogen-bond acceptors (Lipinski definition) is 4. The molecule has 0 saturated carbocycles. The van der Waals surface area contributed by atoms with Crippen LogP contribution in [0.1, 0.15) is 5.56 Å². The number of halogens is 2. The maximum atomic E-state index is 13.8. The Balaban J connectivity index is 1.64. The predicted molar refractivity (Wildman–Crippen MR) is 122 cm³/mol. The second-order valence-electron chi connectivity index (χ2n) is 6.71. The lowest BCUT2D eigenvalue weighted by molar-refractivity contribution is -0.113. The molecule has 0 aliphatic heterocycles. The zero-order valence-corrected chi connectivity index (χ0v) is 17.8. The molecule has 4 aromatic rings. The fraction of sp³-hybridized carbons (Fsp3) is 0.0870. The normalized spacial score (nSPS) is 10.9. The van der Waals surface area contributed by atoms with Crippen LogP contribution in [0.5, 0.6) is 0 Å². The molecule has 0 aliphatic rings. The summed E-state index contributed by atoms with van der Waals surface area (Å²) < 4.78 is 15.3. The van der Waals surface area contributed by atoms with Crippen molar-refractivity contribution in [3.63, 3.8) is 0 Å². The first-order valence-electron chi connectivity index (χ1n) is 9.43. The Hall–Kier alpha value is -3.16. The van der Waals surface area contributed by atoms with Gasteiger partial charge in [0.15, 0.2) is 5.16 Å². The first kappa shape index (κ1) is 21.1. The molecule has 0 fully saturated rings. The minimum atomic E-state index is -0.514. The molecule has 1 heterocycles. The third-order valence-electron chi connectivity index (χ3n) is 4.59. The van der Waals surface area contributed by atoms with Crippen LogP contribution < -0.4 is 10.9 Å². The number of para-hydroxylation sites is 2. The minimum Gasteiger partial charge on any atom is -0.323 e. The summed E-state index contributed by atoms with van der Waals surface area (Å²) in [7, 11) is 0. The maximum Gasteiger partial charge on any atom is 0.262 e. The van der Waals surface area contributed by atoms with Crippen molar-refractivity contribution in [2.75, 3.05) is 11.1 Å². The Morgan fingerprint density at radius 2 is 1.74 bits per heavy atom. The van der Waals surface area contributed by atoms with Crippen LogP contribution in [0.15, 0.2) is 82.7 Å². The van der Waals surface area contributed by atoms with E-state index in [9.17, 15) is 14.0 Å². The number of anilines is 1. The molecule has 4 rings (SSSR count). The van der Waals surface area contributed by atoms with Crippen LogP contribution in [0.25, 0.3) is 10.9 Å². The van der Waals surface area contributed by atoms with E-state index < -0.39 is 11.7 Å². The molecule has 3 aromatic carbocycles. The zero-order chi connectivity index (χ0) is 21.8. The summed E-state index contributed by atoms with van der Waals surface area (Å²) >= 11 is 7.40. The van der Waals surface area contributed by atoms with E-state index in [4.69, 9.17) is 11.6 Å². The number of carbonyl (C=O) groups excluding carboxylic acids is 1. The molecule has 5 nitrogen and oxygen atoms in total. The zero-order valence-electron chi connectivity index (χ0n) is 16.2. The van der Waals surface area contributed by atoms with Crippen LogP contribution in [-0.4, -0.2) is 21.2 Å². The van der Waals surface area contributed by atoms with Crippen molar-refractivity contribution in [2.24, 2.45) is 0 Å². The molecule has 0 atom stereocenters. The number of carbonyl (C=O) groups is 1. The van der Waals surface area contributed by atoms with Gasteiger partial charge in [0.1, 0.15) is 5.82 Å². The highest BCUT2D eigenvalue weighted by Gasteiger charge is 2.15. The van der Waals surface area contributed by atoms with Crippen molar-refractivity contribution in [2.45, 2.75) is 11.7 Å². The highest BCUT2D eigenvalue weighted by atomic mass is 35.5. The van der Waals surface area contributed by atoms with E-state index in [-0.39, 0.29) is 23.5 Å². The van der Waals surface area contributed by atoms with Gasteiger partial charge in [-0.3, -0.25) is 14.2 Å². The molecule has 1 N–H and O–H groups in total. The maximum absolute atomic E-state index is 13.8. The van der Waals surface area contributed by atoms with Gasteiger partial charge in [0.05, 0.1) is 28.9 Å². The summed E-state index contributed by atoms with van der Waals surface area (Å²) in [6, 6.07) is 20.2. The molecular formula is C23H17ClFN3O2S. The van der Waals surface area contributed by atoms with E-state index >= 15 is 0 Å².